The number of hydrogen-bond donors (Lipinski definition) is 1. The van der Waals surface area contributed by atoms with Gasteiger partial charge in [-0.1, -0.05) is 0 Å². The minimum Gasteiger partial charge on any atom is -0.465 e. The summed E-state index contributed by atoms with van der Waals surface area (Å²) in [6.07, 6.45) is 2.69. The average Bonchev–Trinajstić information content (AvgIpc) is 2.90. The number of anilines is 1. The first kappa shape index (κ1) is 14.4. The Bertz CT molecular complexity index is 637. The predicted octanol–water partition coefficient (Wildman–Crippen LogP) is -0.215. The molecule has 9 nitrogen and oxygen atoms in total. The first-order chi connectivity index (χ1) is 10.1. The Morgan fingerprint density at radius 3 is 2.71 bits per heavy atom. The summed E-state index contributed by atoms with van der Waals surface area (Å²) in [7, 11) is 1.29. The molecule has 0 unspecified atom stereocenters. The highest BCUT2D eigenvalue weighted by Gasteiger charge is 2.09. The fraction of sp³-hybridized carbons (Fsp3) is 0.250. The molecule has 2 aromatic rings. The van der Waals surface area contributed by atoms with Crippen LogP contribution in [0, 0.1) is 0 Å². The Hall–Kier alpha value is -2.97. The maximum atomic E-state index is 11.6. The molecule has 0 saturated carbocycles. The number of nitrogens with zero attached hydrogens (tertiary/aromatic N) is 4. The van der Waals surface area contributed by atoms with Gasteiger partial charge >= 0.3 is 11.9 Å². The van der Waals surface area contributed by atoms with E-state index in [9.17, 15) is 9.59 Å². The summed E-state index contributed by atoms with van der Waals surface area (Å²) < 4.78 is 10.8. The van der Waals surface area contributed by atoms with Crippen LogP contribution in [0.4, 0.5) is 5.95 Å². The highest BCUT2D eigenvalue weighted by atomic mass is 16.5. The number of nitrogens with two attached hydrogens (primary N) is 1. The minimum atomic E-state index is -0.501. The average molecular weight is 291 g/mol. The van der Waals surface area contributed by atoms with E-state index in [-0.39, 0.29) is 19.1 Å². The Labute approximate surface area is 119 Å². The Morgan fingerprint density at radius 2 is 2.14 bits per heavy atom. The number of pyridine rings is 1. The van der Waals surface area contributed by atoms with Crippen LogP contribution in [0.3, 0.4) is 0 Å². The van der Waals surface area contributed by atoms with Gasteiger partial charge in [0.1, 0.15) is 19.5 Å². The van der Waals surface area contributed by atoms with Gasteiger partial charge < -0.3 is 15.2 Å². The maximum absolute atomic E-state index is 11.6. The quantitative estimate of drug-likeness (QED) is 0.750. The minimum absolute atomic E-state index is 0.00946. The van der Waals surface area contributed by atoms with E-state index >= 15 is 0 Å². The molecule has 0 aromatic carbocycles. The molecule has 2 heterocycles. The zero-order valence-electron chi connectivity index (χ0n) is 11.2. The number of hydrogen-bond acceptors (Lipinski definition) is 8. The molecule has 0 saturated heterocycles. The van der Waals surface area contributed by atoms with Crippen molar-refractivity contribution in [3.05, 3.63) is 35.9 Å². The third-order valence-corrected chi connectivity index (χ3v) is 2.47. The van der Waals surface area contributed by atoms with Gasteiger partial charge in [0.15, 0.2) is 0 Å². The number of nitrogen functional groups attached to an aromatic ring is 1. The maximum Gasteiger partial charge on any atom is 0.339 e. The monoisotopic (exact) mass is 291 g/mol. The van der Waals surface area contributed by atoms with Crippen LogP contribution in [0.2, 0.25) is 0 Å². The second-order valence-corrected chi connectivity index (χ2v) is 3.99. The lowest BCUT2D eigenvalue weighted by molar-refractivity contribution is -0.146. The molecule has 0 atom stereocenters. The lowest BCUT2D eigenvalue weighted by atomic mass is 10.2. The summed E-state index contributed by atoms with van der Waals surface area (Å²) in [6.45, 7) is -0.102. The number of carbonyl (C=O) groups is 2. The fourth-order valence-electron chi connectivity index (χ4n) is 1.47. The Kier molecular flexibility index (Phi) is 4.44. The van der Waals surface area contributed by atoms with Crippen molar-refractivity contribution in [3.8, 4) is 0 Å². The first-order valence-electron chi connectivity index (χ1n) is 5.92. The van der Waals surface area contributed by atoms with Crippen molar-refractivity contribution in [1.82, 2.24) is 19.7 Å². The van der Waals surface area contributed by atoms with Gasteiger partial charge in [0, 0.05) is 6.20 Å². The number of rotatable bonds is 5. The van der Waals surface area contributed by atoms with Gasteiger partial charge in [0.25, 0.3) is 0 Å². The number of aromatic nitrogens is 4. The fourth-order valence-corrected chi connectivity index (χ4v) is 1.47. The molecule has 0 aliphatic carbocycles. The van der Waals surface area contributed by atoms with Crippen LogP contribution in [0.1, 0.15) is 16.1 Å². The van der Waals surface area contributed by atoms with Crippen molar-refractivity contribution in [2.24, 2.45) is 0 Å². The molecule has 0 radical (unpaired) electrons. The molecular weight excluding hydrogens is 278 g/mol. The molecule has 0 bridgehead atoms. The lowest BCUT2D eigenvalue weighted by Crippen LogP contribution is -2.14. The predicted molar refractivity (Wildman–Crippen MR) is 69.8 cm³/mol. The summed E-state index contributed by atoms with van der Waals surface area (Å²) >= 11 is 0. The van der Waals surface area contributed by atoms with Crippen molar-refractivity contribution < 1.29 is 19.1 Å². The van der Waals surface area contributed by atoms with Gasteiger partial charge in [-0.2, -0.15) is 0 Å². The molecule has 0 amide bonds. The Balaban J connectivity index is 1.85. The van der Waals surface area contributed by atoms with E-state index in [0.717, 1.165) is 0 Å². The van der Waals surface area contributed by atoms with Crippen molar-refractivity contribution in [2.45, 2.75) is 13.2 Å². The van der Waals surface area contributed by atoms with Crippen molar-refractivity contribution in [1.29, 1.82) is 0 Å². The zero-order chi connectivity index (χ0) is 15.2. The van der Waals surface area contributed by atoms with E-state index in [4.69, 9.17) is 10.5 Å². The molecule has 21 heavy (non-hydrogen) atoms. The van der Waals surface area contributed by atoms with E-state index in [1.54, 1.807) is 12.1 Å². The topological polar surface area (TPSA) is 122 Å². The van der Waals surface area contributed by atoms with Crippen LogP contribution in [0.25, 0.3) is 0 Å². The van der Waals surface area contributed by atoms with Gasteiger partial charge in [-0.05, 0) is 12.1 Å². The molecule has 2 rings (SSSR count). The van der Waals surface area contributed by atoms with E-state index in [1.165, 1.54) is 24.3 Å². The number of carbonyl (C=O) groups excluding carboxylic acids is 2. The highest BCUT2D eigenvalue weighted by molar-refractivity contribution is 5.88. The van der Waals surface area contributed by atoms with Gasteiger partial charge in [0.05, 0.1) is 18.4 Å². The molecule has 2 aromatic heterocycles. The van der Waals surface area contributed by atoms with Gasteiger partial charge in [0.2, 0.25) is 5.95 Å². The molecule has 110 valence electrons. The van der Waals surface area contributed by atoms with Gasteiger partial charge in [-0.15, -0.1) is 5.10 Å². The molecule has 0 aliphatic heterocycles. The van der Waals surface area contributed by atoms with Crippen LogP contribution < -0.4 is 5.73 Å². The number of esters is 2. The number of methoxy groups -OCH3 is 1. The molecular formula is C12H13N5O4. The van der Waals surface area contributed by atoms with Crippen LogP contribution in [0.15, 0.2) is 24.7 Å². The zero-order valence-corrected chi connectivity index (χ0v) is 11.2. The molecule has 9 heteroatoms. The first-order valence-corrected chi connectivity index (χ1v) is 5.92. The van der Waals surface area contributed by atoms with Crippen molar-refractivity contribution >= 4 is 17.9 Å². The summed E-state index contributed by atoms with van der Waals surface area (Å²) in [5.74, 6) is -0.892. The largest absolute Gasteiger partial charge is 0.465 e. The standard InChI is InChI=1S/C12H13N5O4/c1-20-11(19)8-2-3-9(14-4-8)6-21-10(18)5-17-7-15-12(13)16-17/h2-4,7H,5-6H2,1H3,(H2,13,16). The van der Waals surface area contributed by atoms with Crippen LogP contribution >= 0.6 is 0 Å². The number of ether oxygens (including phenoxy) is 2. The van der Waals surface area contributed by atoms with Crippen LogP contribution in [-0.2, 0) is 27.4 Å². The second-order valence-electron chi connectivity index (χ2n) is 3.99. The normalized spacial score (nSPS) is 10.1. The summed E-state index contributed by atoms with van der Waals surface area (Å²) in [4.78, 5) is 30.5. The summed E-state index contributed by atoms with van der Waals surface area (Å²) in [6, 6.07) is 3.12. The Morgan fingerprint density at radius 1 is 1.33 bits per heavy atom. The third kappa shape index (κ3) is 4.00. The van der Waals surface area contributed by atoms with Crippen molar-refractivity contribution in [2.75, 3.05) is 12.8 Å². The lowest BCUT2D eigenvalue weighted by Gasteiger charge is -2.05. The second kappa shape index (κ2) is 6.46. The molecule has 2 N–H and O–H groups in total. The third-order valence-electron chi connectivity index (χ3n) is 2.47. The van der Waals surface area contributed by atoms with Crippen LogP contribution in [0.5, 0.6) is 0 Å². The van der Waals surface area contributed by atoms with E-state index in [0.29, 0.717) is 11.3 Å². The van der Waals surface area contributed by atoms with E-state index in [2.05, 4.69) is 19.8 Å². The smallest absolute Gasteiger partial charge is 0.339 e. The van der Waals surface area contributed by atoms with E-state index in [1.807, 2.05) is 0 Å². The van der Waals surface area contributed by atoms with Crippen LogP contribution in [-0.4, -0.2) is 38.8 Å². The van der Waals surface area contributed by atoms with Gasteiger partial charge in [-0.25, -0.2) is 14.5 Å². The van der Waals surface area contributed by atoms with E-state index < -0.39 is 11.9 Å². The summed E-state index contributed by atoms with van der Waals surface area (Å²) in [5, 5.41) is 3.76. The van der Waals surface area contributed by atoms with Crippen molar-refractivity contribution in [3.63, 3.8) is 0 Å². The molecule has 0 fully saturated rings. The molecule has 0 spiro atoms. The highest BCUT2D eigenvalue weighted by Crippen LogP contribution is 2.04. The molecule has 0 aliphatic rings. The summed E-state index contributed by atoms with van der Waals surface area (Å²) in [5.41, 5.74) is 6.16. The SMILES string of the molecule is COC(=O)c1ccc(COC(=O)Cn2cnc(N)n2)nc1. The van der Waals surface area contributed by atoms with Gasteiger partial charge in [-0.3, -0.25) is 9.78 Å².